The largest absolute Gasteiger partial charge is 0.396 e. The van der Waals surface area contributed by atoms with Crippen LogP contribution in [-0.4, -0.2) is 48.8 Å². The first-order chi connectivity index (χ1) is 5.77. The highest BCUT2D eigenvalue weighted by Gasteiger charge is 2.26. The van der Waals surface area contributed by atoms with Gasteiger partial charge in [-0.15, -0.1) is 0 Å². The minimum absolute atomic E-state index is 0.360. The zero-order valence-electron chi connectivity index (χ0n) is 7.99. The molecule has 1 N–H and O–H groups in total. The van der Waals surface area contributed by atoms with Crippen LogP contribution in [0.4, 0.5) is 0 Å². The van der Waals surface area contributed by atoms with E-state index in [1.54, 1.807) is 0 Å². The fourth-order valence-corrected chi connectivity index (χ4v) is 2.71. The van der Waals surface area contributed by atoms with E-state index < -0.39 is 0 Å². The molecule has 0 spiro atoms. The standard InChI is InChI=1S/C9H19NOS/c1-10-4-3-8(5-10)9(6-11)7-12-2/h8-9,11H,3-7H2,1-2H3. The Morgan fingerprint density at radius 3 is 2.83 bits per heavy atom. The van der Waals surface area contributed by atoms with Crippen LogP contribution in [0.15, 0.2) is 0 Å². The lowest BCUT2D eigenvalue weighted by Gasteiger charge is -2.20. The van der Waals surface area contributed by atoms with Crippen LogP contribution in [0.25, 0.3) is 0 Å². The van der Waals surface area contributed by atoms with E-state index >= 15 is 0 Å². The minimum atomic E-state index is 0.360. The number of rotatable bonds is 4. The molecule has 0 aromatic heterocycles. The van der Waals surface area contributed by atoms with Crippen LogP contribution in [0.5, 0.6) is 0 Å². The summed E-state index contributed by atoms with van der Waals surface area (Å²) in [5, 5.41) is 9.17. The third-order valence-electron chi connectivity index (χ3n) is 2.71. The molecule has 0 aromatic carbocycles. The van der Waals surface area contributed by atoms with Gasteiger partial charge in [0, 0.05) is 13.2 Å². The van der Waals surface area contributed by atoms with Gasteiger partial charge in [0.05, 0.1) is 0 Å². The summed E-state index contributed by atoms with van der Waals surface area (Å²) in [4.78, 5) is 2.35. The lowest BCUT2D eigenvalue weighted by Crippen LogP contribution is -2.23. The van der Waals surface area contributed by atoms with E-state index in [-0.39, 0.29) is 0 Å². The molecule has 0 radical (unpaired) electrons. The summed E-state index contributed by atoms with van der Waals surface area (Å²) in [5.74, 6) is 2.35. The molecule has 3 heteroatoms. The van der Waals surface area contributed by atoms with E-state index in [0.29, 0.717) is 12.5 Å². The number of likely N-dealkylation sites (tertiary alicyclic amines) is 1. The smallest absolute Gasteiger partial charge is 0.0470 e. The van der Waals surface area contributed by atoms with Gasteiger partial charge in [0.25, 0.3) is 0 Å². The van der Waals surface area contributed by atoms with Crippen molar-refractivity contribution in [2.24, 2.45) is 11.8 Å². The predicted molar refractivity (Wildman–Crippen MR) is 54.6 cm³/mol. The second kappa shape index (κ2) is 5.10. The van der Waals surface area contributed by atoms with Crippen molar-refractivity contribution in [3.05, 3.63) is 0 Å². The molecule has 1 saturated heterocycles. The molecule has 72 valence electrons. The van der Waals surface area contributed by atoms with Crippen LogP contribution < -0.4 is 0 Å². The highest BCUT2D eigenvalue weighted by Crippen LogP contribution is 2.25. The molecule has 0 amide bonds. The van der Waals surface area contributed by atoms with Gasteiger partial charge < -0.3 is 10.0 Å². The number of aliphatic hydroxyl groups excluding tert-OH is 1. The van der Waals surface area contributed by atoms with Gasteiger partial charge >= 0.3 is 0 Å². The fraction of sp³-hybridized carbons (Fsp3) is 1.00. The monoisotopic (exact) mass is 189 g/mol. The number of hydrogen-bond donors (Lipinski definition) is 1. The van der Waals surface area contributed by atoms with Crippen LogP contribution in [0.3, 0.4) is 0 Å². The van der Waals surface area contributed by atoms with Gasteiger partial charge in [-0.2, -0.15) is 11.8 Å². The SMILES string of the molecule is CSCC(CO)C1CCN(C)C1. The van der Waals surface area contributed by atoms with Crippen LogP contribution in [0.2, 0.25) is 0 Å². The van der Waals surface area contributed by atoms with Gasteiger partial charge in [-0.05, 0) is 43.9 Å². The fourth-order valence-electron chi connectivity index (χ4n) is 1.91. The van der Waals surface area contributed by atoms with Crippen molar-refractivity contribution in [1.29, 1.82) is 0 Å². The van der Waals surface area contributed by atoms with Gasteiger partial charge in [0.2, 0.25) is 0 Å². The lowest BCUT2D eigenvalue weighted by molar-refractivity contribution is 0.193. The van der Waals surface area contributed by atoms with E-state index in [1.807, 2.05) is 11.8 Å². The van der Waals surface area contributed by atoms with Gasteiger partial charge in [-0.1, -0.05) is 0 Å². The molecule has 1 aliphatic rings. The predicted octanol–water partition coefficient (Wildman–Crippen LogP) is 0.910. The van der Waals surface area contributed by atoms with E-state index in [1.165, 1.54) is 19.5 Å². The first-order valence-corrected chi connectivity index (χ1v) is 5.95. The van der Waals surface area contributed by atoms with Crippen molar-refractivity contribution in [2.45, 2.75) is 6.42 Å². The van der Waals surface area contributed by atoms with Crippen LogP contribution in [-0.2, 0) is 0 Å². The Morgan fingerprint density at radius 1 is 1.67 bits per heavy atom. The van der Waals surface area contributed by atoms with Crippen molar-refractivity contribution < 1.29 is 5.11 Å². The summed E-state index contributed by atoms with van der Waals surface area (Å²) < 4.78 is 0. The van der Waals surface area contributed by atoms with Gasteiger partial charge in [0.1, 0.15) is 0 Å². The molecule has 1 fully saturated rings. The zero-order chi connectivity index (χ0) is 8.97. The quantitative estimate of drug-likeness (QED) is 0.711. The van der Waals surface area contributed by atoms with Crippen molar-refractivity contribution in [3.63, 3.8) is 0 Å². The Balaban J connectivity index is 2.33. The molecular formula is C9H19NOS. The topological polar surface area (TPSA) is 23.5 Å². The summed E-state index contributed by atoms with van der Waals surface area (Å²) in [6, 6.07) is 0. The summed E-state index contributed by atoms with van der Waals surface area (Å²) >= 11 is 1.84. The molecule has 1 rings (SSSR count). The van der Waals surface area contributed by atoms with Crippen LogP contribution >= 0.6 is 11.8 Å². The maximum atomic E-state index is 9.17. The first kappa shape index (κ1) is 10.4. The molecule has 2 nitrogen and oxygen atoms in total. The van der Waals surface area contributed by atoms with Crippen molar-refractivity contribution in [2.75, 3.05) is 38.8 Å². The summed E-state index contributed by atoms with van der Waals surface area (Å²) in [6.45, 7) is 2.74. The summed E-state index contributed by atoms with van der Waals surface area (Å²) in [5.41, 5.74) is 0. The molecular weight excluding hydrogens is 170 g/mol. The molecule has 2 atom stereocenters. The van der Waals surface area contributed by atoms with E-state index in [2.05, 4.69) is 18.2 Å². The zero-order valence-corrected chi connectivity index (χ0v) is 8.81. The second-order valence-electron chi connectivity index (χ2n) is 3.71. The number of hydrogen-bond acceptors (Lipinski definition) is 3. The number of nitrogens with zero attached hydrogens (tertiary/aromatic N) is 1. The molecule has 0 saturated carbocycles. The second-order valence-corrected chi connectivity index (χ2v) is 4.62. The Hall–Kier alpha value is 0.270. The highest BCUT2D eigenvalue weighted by molar-refractivity contribution is 7.98. The molecule has 1 aliphatic heterocycles. The van der Waals surface area contributed by atoms with Gasteiger partial charge in [-0.3, -0.25) is 0 Å². The summed E-state index contributed by atoms with van der Waals surface area (Å²) in [6.07, 6.45) is 3.38. The van der Waals surface area contributed by atoms with Crippen LogP contribution in [0.1, 0.15) is 6.42 Å². The van der Waals surface area contributed by atoms with E-state index in [4.69, 9.17) is 0 Å². The third kappa shape index (κ3) is 2.64. The Bertz CT molecular complexity index is 130. The normalized spacial score (nSPS) is 27.8. The lowest BCUT2D eigenvalue weighted by atomic mass is 9.94. The minimum Gasteiger partial charge on any atom is -0.396 e. The third-order valence-corrected chi connectivity index (χ3v) is 3.47. The molecule has 0 aromatic rings. The highest BCUT2D eigenvalue weighted by atomic mass is 32.2. The van der Waals surface area contributed by atoms with Gasteiger partial charge in [0.15, 0.2) is 0 Å². The van der Waals surface area contributed by atoms with Crippen molar-refractivity contribution in [1.82, 2.24) is 4.90 Å². The average Bonchev–Trinajstić information content (AvgIpc) is 2.47. The number of aliphatic hydroxyl groups is 1. The molecule has 1 heterocycles. The average molecular weight is 189 g/mol. The van der Waals surface area contributed by atoms with Gasteiger partial charge in [-0.25, -0.2) is 0 Å². The van der Waals surface area contributed by atoms with E-state index in [0.717, 1.165) is 11.7 Å². The van der Waals surface area contributed by atoms with Crippen LogP contribution in [0, 0.1) is 11.8 Å². The van der Waals surface area contributed by atoms with E-state index in [9.17, 15) is 5.11 Å². The molecule has 0 aliphatic carbocycles. The van der Waals surface area contributed by atoms with Crippen molar-refractivity contribution in [3.8, 4) is 0 Å². The molecule has 12 heavy (non-hydrogen) atoms. The first-order valence-electron chi connectivity index (χ1n) is 4.56. The molecule has 0 bridgehead atoms. The number of thioether (sulfide) groups is 1. The van der Waals surface area contributed by atoms with Crippen molar-refractivity contribution >= 4 is 11.8 Å². The maximum absolute atomic E-state index is 9.17. The Morgan fingerprint density at radius 2 is 2.42 bits per heavy atom. The Labute approximate surface area is 79.3 Å². The maximum Gasteiger partial charge on any atom is 0.0470 e. The summed E-state index contributed by atoms with van der Waals surface area (Å²) in [7, 11) is 2.16. The Kier molecular flexibility index (Phi) is 4.40. The molecule has 2 unspecified atom stereocenters.